The maximum absolute atomic E-state index is 15.9. The van der Waals surface area contributed by atoms with Gasteiger partial charge in [0.1, 0.15) is 5.60 Å². The Hall–Kier alpha value is -8.89. The van der Waals surface area contributed by atoms with E-state index < -0.39 is 11.0 Å². The van der Waals surface area contributed by atoms with Crippen LogP contribution in [0.3, 0.4) is 0 Å². The number of nitrogens with one attached hydrogen (secondary N) is 1. The molecule has 4 aliphatic carbocycles. The predicted molar refractivity (Wildman–Crippen MR) is 299 cm³/mol. The van der Waals surface area contributed by atoms with Crippen molar-refractivity contribution in [2.75, 3.05) is 0 Å². The number of aliphatic hydroxyl groups is 1. The monoisotopic (exact) mass is 885 g/mol. The first-order valence-electron chi connectivity index (χ1n) is 26.5. The van der Waals surface area contributed by atoms with Crippen LogP contribution in [0, 0.1) is 0 Å². The molecule has 0 heterocycles. The van der Waals surface area contributed by atoms with E-state index in [1.165, 1.54) is 205 Å². The van der Waals surface area contributed by atoms with Gasteiger partial charge in [-0.25, -0.2) is 0 Å². The number of carbonyl (C=O) groups is 1. The molecule has 3 heteroatoms. The molecule has 0 aliphatic heterocycles. The van der Waals surface area contributed by atoms with Crippen molar-refractivity contribution < 1.29 is 9.90 Å². The molecule has 0 radical (unpaired) electrons. The van der Waals surface area contributed by atoms with E-state index in [0.29, 0.717) is 6.54 Å². The van der Waals surface area contributed by atoms with E-state index in [1.54, 1.807) is 97.0 Å². The molecule has 29 aromatic rings. The zero-order chi connectivity index (χ0) is 43.3. The van der Waals surface area contributed by atoms with Crippen LogP contribution in [-0.4, -0.2) is 11.0 Å². The highest BCUT2D eigenvalue weighted by molar-refractivity contribution is 6.82. The molecular weight excluding hydrogens is 875 g/mol. The van der Waals surface area contributed by atoms with Crippen molar-refractivity contribution in [3.63, 3.8) is 0 Å². The third-order valence-electron chi connectivity index (χ3n) is 25.2. The van der Waals surface area contributed by atoms with Crippen molar-refractivity contribution in [2.45, 2.75) is 24.0 Å². The second kappa shape index (κ2) is 6.35. The van der Waals surface area contributed by atoms with Gasteiger partial charge in [0.15, 0.2) is 0 Å². The van der Waals surface area contributed by atoms with Crippen molar-refractivity contribution in [3.05, 3.63) is 58.1 Å². The van der Waals surface area contributed by atoms with E-state index in [2.05, 4.69) is 35.6 Å². The fourth-order valence-corrected chi connectivity index (χ4v) is 24.8. The standard InChI is InChI=1S/C69H11NO2/c71-9(70-7-8-4-2-1-3-5-8)6-68-64-56-48-38-28-20-12-10-11-14-18-16(12)24-32-26(18)36-30-22(14)23-15(11)19-17-13(10)21(20)29-35-25(17)33-27(19)37-31(23)41-40(30)52-46(36)54-44(32)50(42(48)34(24)28)58(64)60(54)66-62(52)63-53(41)47(37)55-45(33)51-43(35)49(39(29)38)57(56)65(68)59(51)61(55)67(63)69(66,68)72/h1-5,72H,6-7H2,(H,70,71). The Morgan fingerprint density at radius 3 is 0.708 bits per heavy atom. The lowest BCUT2D eigenvalue weighted by molar-refractivity contribution is -0.124. The largest absolute Gasteiger partial charge is 0.379 e. The minimum absolute atomic E-state index is 0.0322. The van der Waals surface area contributed by atoms with Crippen LogP contribution < -0.4 is 5.32 Å². The van der Waals surface area contributed by atoms with Gasteiger partial charge in [-0.1, -0.05) is 30.3 Å². The van der Waals surface area contributed by atoms with Crippen LogP contribution in [-0.2, 0) is 22.4 Å². The zero-order valence-corrected chi connectivity index (χ0v) is 36.7. The summed E-state index contributed by atoms with van der Waals surface area (Å²) in [5, 5.41) is 100. The van der Waals surface area contributed by atoms with E-state index in [-0.39, 0.29) is 12.3 Å². The highest BCUT2D eigenvalue weighted by Crippen LogP contribution is 2.84. The molecule has 0 atom stereocenters. The summed E-state index contributed by atoms with van der Waals surface area (Å²) in [4.78, 5) is 15.9. The van der Waals surface area contributed by atoms with Gasteiger partial charge in [-0.15, -0.1) is 0 Å². The Labute approximate surface area is 392 Å². The van der Waals surface area contributed by atoms with Gasteiger partial charge in [-0.3, -0.25) is 4.79 Å². The molecule has 1 amide bonds. The van der Waals surface area contributed by atoms with Gasteiger partial charge in [-0.2, -0.15) is 0 Å². The summed E-state index contributed by atoms with van der Waals surface area (Å²) in [6.45, 7) is 0.463. The van der Waals surface area contributed by atoms with E-state index in [9.17, 15) is 0 Å². The number of carbonyl (C=O) groups excluding carboxylic acids is 1. The Balaban J connectivity index is 1.10. The highest BCUT2D eigenvalue weighted by Gasteiger charge is 2.70. The zero-order valence-electron chi connectivity index (χ0n) is 36.7. The van der Waals surface area contributed by atoms with Crippen LogP contribution in [0.15, 0.2) is 30.3 Å². The minimum Gasteiger partial charge on any atom is -0.379 e. The van der Waals surface area contributed by atoms with Crippen LogP contribution in [0.1, 0.15) is 34.2 Å². The average molecular weight is 886 g/mol. The quantitative estimate of drug-likeness (QED) is 0.173. The van der Waals surface area contributed by atoms with Gasteiger partial charge in [0.25, 0.3) is 0 Å². The van der Waals surface area contributed by atoms with Gasteiger partial charge in [-0.05, 0) is 308 Å². The molecule has 4 aliphatic rings. The summed E-state index contributed by atoms with van der Waals surface area (Å²) < 4.78 is 0. The lowest BCUT2D eigenvalue weighted by atomic mass is 9.53. The van der Waals surface area contributed by atoms with E-state index in [1.807, 2.05) is 0 Å². The van der Waals surface area contributed by atoms with Crippen LogP contribution in [0.2, 0.25) is 0 Å². The second-order valence-corrected chi connectivity index (χ2v) is 25.8. The van der Waals surface area contributed by atoms with Gasteiger partial charge in [0.05, 0.1) is 5.41 Å². The van der Waals surface area contributed by atoms with Crippen molar-refractivity contribution in [1.29, 1.82) is 0 Å². The molecule has 0 saturated heterocycles. The Morgan fingerprint density at radius 2 is 0.486 bits per heavy atom. The first kappa shape index (κ1) is 27.5. The SMILES string of the molecule is O=C(CC12c3c4c5c6c7c8c(c9c%10c1c1c3c3c%11c4c4c5c5c7c7c%12c8c8c9c9c%10c%10c1c1c3c3c%11c%11c4c4c5c7c5c7c%12c8c8c9c9c%10c1c1c3c3c%11c4c5c4c7c8c9c1c34)C62O)NCc1ccccc1. The van der Waals surface area contributed by atoms with Gasteiger partial charge < -0.3 is 10.4 Å². The smallest absolute Gasteiger partial charge is 0.221 e. The number of rotatable bonds is 4. The molecule has 0 spiro atoms. The molecule has 33 rings (SSSR count). The highest BCUT2D eigenvalue weighted by atomic mass is 16.3. The molecular formula is C69H11NO2. The normalized spacial score (nSPS) is 21.4. The van der Waals surface area contributed by atoms with Crippen molar-refractivity contribution in [1.82, 2.24) is 5.32 Å². The van der Waals surface area contributed by atoms with Crippen molar-refractivity contribution in [3.8, 4) is 0 Å². The first-order chi connectivity index (χ1) is 35.7. The topological polar surface area (TPSA) is 49.3 Å². The average Bonchev–Trinajstić information content (AvgIpc) is 4.27. The molecule has 3 nitrogen and oxygen atoms in total. The molecule has 72 heavy (non-hydrogen) atoms. The summed E-state index contributed by atoms with van der Waals surface area (Å²) in [6.07, 6.45) is 0.200. The molecule has 0 fully saturated rings. The third-order valence-corrected chi connectivity index (χ3v) is 25.2. The fraction of sp³-hybridized carbons (Fsp3) is 0.0580. The third kappa shape index (κ3) is 1.51. The summed E-state index contributed by atoms with van der Waals surface area (Å²) >= 11 is 0. The van der Waals surface area contributed by atoms with Gasteiger partial charge in [0, 0.05) is 24.1 Å². The summed E-state index contributed by atoms with van der Waals surface area (Å²) in [5.74, 6) is 0.0322. The van der Waals surface area contributed by atoms with Crippen molar-refractivity contribution >= 4 is 297 Å². The summed E-state index contributed by atoms with van der Waals surface area (Å²) in [6, 6.07) is 10.5. The van der Waals surface area contributed by atoms with E-state index in [0.717, 1.165) is 16.7 Å². The van der Waals surface area contributed by atoms with Crippen molar-refractivity contribution in [2.24, 2.45) is 0 Å². The van der Waals surface area contributed by atoms with Gasteiger partial charge >= 0.3 is 0 Å². The van der Waals surface area contributed by atoms with E-state index >= 15 is 9.90 Å². The minimum atomic E-state index is -1.47. The van der Waals surface area contributed by atoms with Crippen LogP contribution in [0.25, 0.3) is 291 Å². The maximum atomic E-state index is 15.9. The lowest BCUT2D eigenvalue weighted by Crippen LogP contribution is -2.54. The number of amides is 1. The molecule has 0 aromatic heterocycles. The summed E-state index contributed by atoms with van der Waals surface area (Å²) in [5.41, 5.74) is 3.51. The number of hydrogen-bond donors (Lipinski definition) is 2. The Kier molecular flexibility index (Phi) is 2.42. The molecule has 2 N–H and O–H groups in total. The van der Waals surface area contributed by atoms with E-state index in [4.69, 9.17) is 0 Å². The number of benzene rings is 19. The summed E-state index contributed by atoms with van der Waals surface area (Å²) in [7, 11) is 0. The number of hydrogen-bond acceptors (Lipinski definition) is 2. The van der Waals surface area contributed by atoms with Crippen LogP contribution >= 0.6 is 0 Å². The van der Waals surface area contributed by atoms with Gasteiger partial charge in [0.2, 0.25) is 5.91 Å². The second-order valence-electron chi connectivity index (χ2n) is 25.8. The van der Waals surface area contributed by atoms with Crippen LogP contribution in [0.5, 0.6) is 0 Å². The Morgan fingerprint density at radius 1 is 0.292 bits per heavy atom. The first-order valence-corrected chi connectivity index (χ1v) is 26.5. The molecule has 29 aromatic carbocycles. The predicted octanol–water partition coefficient (Wildman–Crippen LogP) is 17.0. The molecule has 0 unspecified atom stereocenters. The maximum Gasteiger partial charge on any atom is 0.221 e. The molecule has 304 valence electrons. The fourth-order valence-electron chi connectivity index (χ4n) is 24.8. The lowest BCUT2D eigenvalue weighted by Gasteiger charge is -2.51. The Bertz CT molecular complexity index is 7220. The van der Waals surface area contributed by atoms with Crippen LogP contribution in [0.4, 0.5) is 0 Å². The molecule has 0 bridgehead atoms. The molecule has 0 saturated carbocycles.